The van der Waals surface area contributed by atoms with Crippen LogP contribution in [0.1, 0.15) is 18.1 Å². The summed E-state index contributed by atoms with van der Waals surface area (Å²) in [6.07, 6.45) is 2.02. The van der Waals surface area contributed by atoms with Gasteiger partial charge >= 0.3 is 0 Å². The predicted octanol–water partition coefficient (Wildman–Crippen LogP) is 6.54. The summed E-state index contributed by atoms with van der Waals surface area (Å²) >= 11 is 3.42. The fourth-order valence-electron chi connectivity index (χ4n) is 2.59. The molecule has 1 N–H and O–H groups in total. The molecule has 0 saturated carbocycles. The third-order valence-electron chi connectivity index (χ3n) is 3.93. The van der Waals surface area contributed by atoms with Crippen LogP contribution < -0.4 is 4.74 Å². The fraction of sp³-hybridized carbons (Fsp3) is 0.130. The molecule has 3 aromatic rings. The van der Waals surface area contributed by atoms with Crippen LogP contribution in [0, 0.1) is 0 Å². The second-order valence-electron chi connectivity index (χ2n) is 5.85. The monoisotopic (exact) mass is 394 g/mol. The van der Waals surface area contributed by atoms with Crippen molar-refractivity contribution in [2.75, 3.05) is 7.11 Å². The first-order chi connectivity index (χ1) is 13.3. The summed E-state index contributed by atoms with van der Waals surface area (Å²) in [4.78, 5) is 2.36. The van der Waals surface area contributed by atoms with Gasteiger partial charge in [0, 0.05) is 19.6 Å². The maximum atomic E-state index is 10.7. The quantitative estimate of drug-likeness (QED) is 0.439. The smallest absolute Gasteiger partial charge is 0.124 e. The number of hydrogen-bond acceptors (Lipinski definition) is 4. The van der Waals surface area contributed by atoms with Gasteiger partial charge in [0.05, 0.1) is 13.2 Å². The van der Waals surface area contributed by atoms with Gasteiger partial charge in [0.1, 0.15) is 5.75 Å². The van der Waals surface area contributed by atoms with E-state index in [1.54, 1.807) is 30.6 Å². The largest absolute Gasteiger partial charge is 0.496 e. The lowest BCUT2D eigenvalue weighted by Gasteiger charge is -2.14. The van der Waals surface area contributed by atoms with Gasteiger partial charge in [-0.25, -0.2) is 0 Å². The van der Waals surface area contributed by atoms with Crippen LogP contribution in [0.3, 0.4) is 0 Å². The molecule has 0 heterocycles. The second kappa shape index (κ2) is 10.3. The lowest BCUT2D eigenvalue weighted by molar-refractivity contribution is 0.177. The molecule has 0 aliphatic heterocycles. The summed E-state index contributed by atoms with van der Waals surface area (Å²) < 4.78 is 6.51. The SMILES string of the molecule is COc1ccccc1[C@@H](O)CC=C(Sc1ccccc1)Sc1ccccc1. The molecule has 0 amide bonds. The average molecular weight is 395 g/mol. The molecule has 27 heavy (non-hydrogen) atoms. The number of methoxy groups -OCH3 is 1. The Labute approximate surface area is 169 Å². The van der Waals surface area contributed by atoms with Crippen LogP contribution in [-0.4, -0.2) is 12.2 Å². The summed E-state index contributed by atoms with van der Waals surface area (Å²) in [5, 5.41) is 10.7. The highest BCUT2D eigenvalue weighted by atomic mass is 32.2. The molecule has 1 atom stereocenters. The zero-order valence-corrected chi connectivity index (χ0v) is 16.7. The second-order valence-corrected chi connectivity index (χ2v) is 8.34. The lowest BCUT2D eigenvalue weighted by atomic mass is 10.1. The van der Waals surface area contributed by atoms with E-state index >= 15 is 0 Å². The average Bonchev–Trinajstić information content (AvgIpc) is 2.73. The van der Waals surface area contributed by atoms with E-state index < -0.39 is 6.10 Å². The summed E-state index contributed by atoms with van der Waals surface area (Å²) in [7, 11) is 1.63. The van der Waals surface area contributed by atoms with Crippen LogP contribution in [-0.2, 0) is 0 Å². The first kappa shape index (κ1) is 19.6. The van der Waals surface area contributed by atoms with Crippen molar-refractivity contribution in [1.82, 2.24) is 0 Å². The third kappa shape index (κ3) is 5.93. The topological polar surface area (TPSA) is 29.5 Å². The number of thioether (sulfide) groups is 2. The highest BCUT2D eigenvalue weighted by Gasteiger charge is 2.12. The van der Waals surface area contributed by atoms with Crippen molar-refractivity contribution in [3.8, 4) is 5.75 Å². The summed E-state index contributed by atoms with van der Waals surface area (Å²) in [5.41, 5.74) is 0.810. The molecular formula is C23H22O2S2. The normalized spacial score (nSPS) is 11.6. The van der Waals surface area contributed by atoms with Gasteiger partial charge in [0.25, 0.3) is 0 Å². The molecule has 0 fully saturated rings. The van der Waals surface area contributed by atoms with Crippen molar-refractivity contribution in [1.29, 1.82) is 0 Å². The van der Waals surface area contributed by atoms with E-state index in [-0.39, 0.29) is 0 Å². The Bertz CT molecular complexity index is 820. The minimum atomic E-state index is -0.608. The van der Waals surface area contributed by atoms with Crippen molar-refractivity contribution < 1.29 is 9.84 Å². The summed E-state index contributed by atoms with van der Waals surface area (Å²) in [5.74, 6) is 0.714. The molecule has 0 aliphatic rings. The van der Waals surface area contributed by atoms with Gasteiger partial charge in [-0.15, -0.1) is 0 Å². The molecule has 3 rings (SSSR count). The van der Waals surface area contributed by atoms with Gasteiger partial charge in [0.15, 0.2) is 0 Å². The zero-order valence-electron chi connectivity index (χ0n) is 15.1. The fourth-order valence-corrected chi connectivity index (χ4v) is 4.74. The van der Waals surface area contributed by atoms with E-state index in [0.29, 0.717) is 12.2 Å². The highest BCUT2D eigenvalue weighted by Crippen LogP contribution is 2.40. The number of para-hydroxylation sites is 1. The van der Waals surface area contributed by atoms with Gasteiger partial charge in [-0.05, 0) is 36.8 Å². The molecular weight excluding hydrogens is 372 g/mol. The van der Waals surface area contributed by atoms with Gasteiger partial charge < -0.3 is 9.84 Å². The molecule has 138 valence electrons. The van der Waals surface area contributed by atoms with Crippen LogP contribution in [0.4, 0.5) is 0 Å². The van der Waals surface area contributed by atoms with Gasteiger partial charge in [-0.1, -0.05) is 84.2 Å². The van der Waals surface area contributed by atoms with E-state index in [1.165, 1.54) is 9.79 Å². The maximum Gasteiger partial charge on any atom is 0.124 e. The summed E-state index contributed by atoms with van der Waals surface area (Å²) in [6.45, 7) is 0. The van der Waals surface area contributed by atoms with Crippen molar-refractivity contribution in [3.05, 3.63) is 101 Å². The Morgan fingerprint density at radius 3 is 1.93 bits per heavy atom. The van der Waals surface area contributed by atoms with E-state index in [0.717, 1.165) is 9.80 Å². The van der Waals surface area contributed by atoms with Crippen molar-refractivity contribution in [2.24, 2.45) is 0 Å². The van der Waals surface area contributed by atoms with E-state index in [9.17, 15) is 5.11 Å². The standard InChI is InChI=1S/C23H22O2S2/c1-25-22-15-9-8-14-20(22)21(24)16-17-23(26-18-10-4-2-5-11-18)27-19-12-6-3-7-13-19/h2-15,17,21,24H,16H2,1H3/t21-/m0/s1. The molecule has 4 heteroatoms. The van der Waals surface area contributed by atoms with Gasteiger partial charge in [0.2, 0.25) is 0 Å². The number of ether oxygens (including phenoxy) is 1. The van der Waals surface area contributed by atoms with E-state index in [2.05, 4.69) is 30.3 Å². The van der Waals surface area contributed by atoms with Crippen LogP contribution in [0.5, 0.6) is 5.75 Å². The maximum absolute atomic E-state index is 10.7. The highest BCUT2D eigenvalue weighted by molar-refractivity contribution is 8.22. The number of aliphatic hydroxyl groups excluding tert-OH is 1. The summed E-state index contributed by atoms with van der Waals surface area (Å²) in [6, 6.07) is 28.2. The Morgan fingerprint density at radius 1 is 0.852 bits per heavy atom. The van der Waals surface area contributed by atoms with Crippen molar-refractivity contribution in [2.45, 2.75) is 22.3 Å². The molecule has 3 aromatic carbocycles. The van der Waals surface area contributed by atoms with E-state index in [4.69, 9.17) is 4.74 Å². The molecule has 0 saturated heterocycles. The van der Waals surface area contributed by atoms with Crippen LogP contribution in [0.2, 0.25) is 0 Å². The minimum absolute atomic E-state index is 0.523. The van der Waals surface area contributed by atoms with E-state index in [1.807, 2.05) is 60.7 Å². The Morgan fingerprint density at radius 2 is 1.37 bits per heavy atom. The van der Waals surface area contributed by atoms with Crippen molar-refractivity contribution >= 4 is 23.5 Å². The van der Waals surface area contributed by atoms with Crippen molar-refractivity contribution in [3.63, 3.8) is 0 Å². The lowest BCUT2D eigenvalue weighted by Crippen LogP contribution is -1.99. The predicted molar refractivity (Wildman–Crippen MR) is 115 cm³/mol. The Hall–Kier alpha value is -2.14. The first-order valence-corrected chi connectivity index (χ1v) is 10.4. The Kier molecular flexibility index (Phi) is 7.45. The first-order valence-electron chi connectivity index (χ1n) is 8.73. The molecule has 0 aromatic heterocycles. The van der Waals surface area contributed by atoms with Crippen LogP contribution in [0.15, 0.2) is 105 Å². The molecule has 0 unspecified atom stereocenters. The number of aliphatic hydroxyl groups is 1. The molecule has 2 nitrogen and oxygen atoms in total. The zero-order chi connectivity index (χ0) is 18.9. The van der Waals surface area contributed by atoms with Crippen LogP contribution >= 0.6 is 23.5 Å². The number of rotatable bonds is 8. The molecule has 0 radical (unpaired) electrons. The Balaban J connectivity index is 1.78. The number of benzene rings is 3. The number of hydrogen-bond donors (Lipinski definition) is 1. The van der Waals surface area contributed by atoms with Gasteiger partial charge in [-0.3, -0.25) is 0 Å². The molecule has 0 bridgehead atoms. The third-order valence-corrected chi connectivity index (χ3v) is 6.18. The molecule has 0 aliphatic carbocycles. The van der Waals surface area contributed by atoms with Crippen LogP contribution in [0.25, 0.3) is 0 Å². The minimum Gasteiger partial charge on any atom is -0.496 e. The van der Waals surface area contributed by atoms with Gasteiger partial charge in [-0.2, -0.15) is 0 Å². The molecule has 0 spiro atoms.